The highest BCUT2D eigenvalue weighted by Gasteiger charge is 2.33. The van der Waals surface area contributed by atoms with E-state index in [2.05, 4.69) is 63.9 Å². The van der Waals surface area contributed by atoms with Crippen molar-refractivity contribution in [3.05, 3.63) is 0 Å². The number of rotatable bonds is 18. The number of hydrogen-bond acceptors (Lipinski definition) is 3. The molecule has 1 rings (SSSR count). The first kappa shape index (κ1) is 26.9. The number of nitrogens with one attached hydrogen (secondary N) is 1. The molecular weight excluding hydrogens is 354 g/mol. The van der Waals surface area contributed by atoms with Crippen LogP contribution < -0.4 is 5.32 Å². The molecule has 3 atom stereocenters. The lowest BCUT2D eigenvalue weighted by atomic mass is 9.81. The third-order valence-corrected chi connectivity index (χ3v) is 7.40. The third-order valence-electron chi connectivity index (χ3n) is 7.40. The smallest absolute Gasteiger partial charge is 0.0251 e. The Hall–Kier alpha value is -0.120. The fraction of sp³-hybridized carbons (Fsp3) is 1.00. The normalized spacial score (nSPS) is 22.7. The van der Waals surface area contributed by atoms with Gasteiger partial charge in [-0.15, -0.1) is 0 Å². The largest absolute Gasteiger partial charge is 0.317 e. The van der Waals surface area contributed by atoms with Gasteiger partial charge in [-0.1, -0.05) is 66.7 Å². The average Bonchev–Trinajstić information content (AvgIpc) is 2.69. The molecule has 1 aliphatic rings. The van der Waals surface area contributed by atoms with E-state index in [0.717, 1.165) is 23.8 Å². The van der Waals surface area contributed by atoms with Crippen LogP contribution >= 0.6 is 0 Å². The molecule has 1 aliphatic carbocycles. The summed E-state index contributed by atoms with van der Waals surface area (Å²) in [4.78, 5) is 0. The molecule has 174 valence electrons. The Morgan fingerprint density at radius 3 is 2.17 bits per heavy atom. The molecule has 3 nitrogen and oxygen atoms in total. The summed E-state index contributed by atoms with van der Waals surface area (Å²) in [6.45, 7) is 17.9. The number of hydrogen-bond donors (Lipinski definition) is 1. The van der Waals surface area contributed by atoms with Crippen molar-refractivity contribution in [1.82, 2.24) is 15.3 Å². The van der Waals surface area contributed by atoms with Crippen molar-refractivity contribution in [1.29, 1.82) is 0 Å². The molecule has 1 fully saturated rings. The van der Waals surface area contributed by atoms with E-state index in [1.165, 1.54) is 90.3 Å². The van der Waals surface area contributed by atoms with Crippen molar-refractivity contribution in [2.45, 2.75) is 124 Å². The second kappa shape index (κ2) is 15.6. The molecule has 0 aliphatic heterocycles. The van der Waals surface area contributed by atoms with E-state index in [0.29, 0.717) is 6.04 Å². The maximum atomic E-state index is 3.68. The number of unbranched alkanes of at least 4 members (excludes halogenated alkanes) is 2. The summed E-state index contributed by atoms with van der Waals surface area (Å²) >= 11 is 0. The summed E-state index contributed by atoms with van der Waals surface area (Å²) in [6, 6.07) is 1.46. The van der Waals surface area contributed by atoms with Crippen molar-refractivity contribution in [3.63, 3.8) is 0 Å². The van der Waals surface area contributed by atoms with Gasteiger partial charge in [0.25, 0.3) is 0 Å². The Labute approximate surface area is 184 Å². The van der Waals surface area contributed by atoms with Crippen LogP contribution in [-0.2, 0) is 0 Å². The van der Waals surface area contributed by atoms with Crippen LogP contribution in [0.3, 0.4) is 0 Å². The summed E-state index contributed by atoms with van der Waals surface area (Å²) in [5.41, 5.74) is 0. The fourth-order valence-corrected chi connectivity index (χ4v) is 4.63. The van der Waals surface area contributed by atoms with E-state index in [1.54, 1.807) is 0 Å². The molecule has 0 radical (unpaired) electrons. The molecule has 0 aromatic carbocycles. The molecule has 0 amide bonds. The summed E-state index contributed by atoms with van der Waals surface area (Å²) < 4.78 is 0. The monoisotopic (exact) mass is 409 g/mol. The van der Waals surface area contributed by atoms with Gasteiger partial charge in [-0.2, -0.15) is 0 Å². The molecule has 0 aromatic rings. The number of nitrogens with zero attached hydrogens (tertiary/aromatic N) is 2. The highest BCUT2D eigenvalue weighted by Crippen LogP contribution is 2.32. The molecule has 0 saturated heterocycles. The maximum absolute atomic E-state index is 3.68. The topological polar surface area (TPSA) is 18.5 Å². The van der Waals surface area contributed by atoms with Gasteiger partial charge in [0.15, 0.2) is 0 Å². The zero-order chi connectivity index (χ0) is 21.6. The first-order valence-corrected chi connectivity index (χ1v) is 13.1. The highest BCUT2D eigenvalue weighted by molar-refractivity contribution is 4.84. The van der Waals surface area contributed by atoms with Crippen molar-refractivity contribution in [2.24, 2.45) is 17.8 Å². The average molecular weight is 410 g/mol. The van der Waals surface area contributed by atoms with Gasteiger partial charge < -0.3 is 5.32 Å². The van der Waals surface area contributed by atoms with Gasteiger partial charge in [-0.05, 0) is 76.3 Å². The van der Waals surface area contributed by atoms with Crippen molar-refractivity contribution in [2.75, 3.05) is 26.7 Å². The van der Waals surface area contributed by atoms with Gasteiger partial charge in [0.1, 0.15) is 0 Å². The van der Waals surface area contributed by atoms with Crippen LogP contribution in [0.4, 0.5) is 0 Å². The van der Waals surface area contributed by atoms with Gasteiger partial charge in [0.2, 0.25) is 0 Å². The molecule has 0 heterocycles. The van der Waals surface area contributed by atoms with Crippen LogP contribution in [-0.4, -0.2) is 48.8 Å². The minimum atomic E-state index is 0.664. The zero-order valence-electron chi connectivity index (χ0n) is 21.2. The summed E-state index contributed by atoms with van der Waals surface area (Å²) in [6.07, 6.45) is 14.9. The zero-order valence-corrected chi connectivity index (χ0v) is 21.2. The molecule has 0 bridgehead atoms. The minimum absolute atomic E-state index is 0.664. The Kier molecular flexibility index (Phi) is 14.5. The fourth-order valence-electron chi connectivity index (χ4n) is 4.63. The van der Waals surface area contributed by atoms with Crippen LogP contribution in [0.15, 0.2) is 0 Å². The second-order valence-electron chi connectivity index (χ2n) is 10.4. The summed E-state index contributed by atoms with van der Waals surface area (Å²) in [5.74, 6) is 2.70. The van der Waals surface area contributed by atoms with E-state index in [-0.39, 0.29) is 0 Å². The van der Waals surface area contributed by atoms with Gasteiger partial charge >= 0.3 is 0 Å². The molecule has 0 aromatic heterocycles. The lowest BCUT2D eigenvalue weighted by Crippen LogP contribution is -2.54. The lowest BCUT2D eigenvalue weighted by molar-refractivity contribution is -0.102. The Morgan fingerprint density at radius 2 is 1.55 bits per heavy atom. The van der Waals surface area contributed by atoms with Gasteiger partial charge in [-0.3, -0.25) is 0 Å². The molecule has 3 unspecified atom stereocenters. The highest BCUT2D eigenvalue weighted by atomic mass is 15.6. The Morgan fingerprint density at radius 1 is 0.862 bits per heavy atom. The second-order valence-corrected chi connectivity index (χ2v) is 10.4. The molecular formula is C26H55N3. The van der Waals surface area contributed by atoms with Gasteiger partial charge in [0.05, 0.1) is 0 Å². The van der Waals surface area contributed by atoms with Gasteiger partial charge in [0, 0.05) is 25.7 Å². The molecule has 29 heavy (non-hydrogen) atoms. The maximum Gasteiger partial charge on any atom is 0.0251 e. The molecule has 1 saturated carbocycles. The van der Waals surface area contributed by atoms with Crippen LogP contribution in [0.25, 0.3) is 0 Å². The van der Waals surface area contributed by atoms with E-state index < -0.39 is 0 Å². The van der Waals surface area contributed by atoms with Crippen LogP contribution in [0.5, 0.6) is 0 Å². The van der Waals surface area contributed by atoms with E-state index >= 15 is 0 Å². The SMILES string of the molecule is CCCN(C1CC(C)C1)N(C)C(C)CCCCCNCCC(C)CCC(C)CC. The number of hydrazine groups is 1. The Bertz CT molecular complexity index is 380. The predicted molar refractivity (Wildman–Crippen MR) is 130 cm³/mol. The summed E-state index contributed by atoms with van der Waals surface area (Å²) in [5, 5.41) is 8.92. The minimum Gasteiger partial charge on any atom is -0.317 e. The molecule has 3 heteroatoms. The van der Waals surface area contributed by atoms with Crippen molar-refractivity contribution >= 4 is 0 Å². The van der Waals surface area contributed by atoms with Gasteiger partial charge in [-0.25, -0.2) is 10.0 Å². The van der Waals surface area contributed by atoms with E-state index in [4.69, 9.17) is 0 Å². The first-order valence-electron chi connectivity index (χ1n) is 13.1. The first-order chi connectivity index (χ1) is 13.9. The lowest BCUT2D eigenvalue weighted by Gasteiger charge is -2.47. The standard InChI is InChI=1S/C26H55N3/c1-8-19-29(26-20-24(5)21-26)28(7)25(6)13-11-10-12-17-27-18-16-23(4)15-14-22(3)9-2/h22-27H,8-21H2,1-7H3. The molecule has 0 spiro atoms. The third kappa shape index (κ3) is 11.2. The summed E-state index contributed by atoms with van der Waals surface area (Å²) in [7, 11) is 2.33. The van der Waals surface area contributed by atoms with Crippen molar-refractivity contribution < 1.29 is 0 Å². The van der Waals surface area contributed by atoms with Crippen LogP contribution in [0.2, 0.25) is 0 Å². The van der Waals surface area contributed by atoms with Crippen LogP contribution in [0, 0.1) is 17.8 Å². The van der Waals surface area contributed by atoms with E-state index in [9.17, 15) is 0 Å². The predicted octanol–water partition coefficient (Wildman–Crippen LogP) is 6.73. The van der Waals surface area contributed by atoms with E-state index in [1.807, 2.05) is 0 Å². The van der Waals surface area contributed by atoms with Crippen molar-refractivity contribution in [3.8, 4) is 0 Å². The van der Waals surface area contributed by atoms with Crippen LogP contribution in [0.1, 0.15) is 112 Å². The molecule has 1 N–H and O–H groups in total. The quantitative estimate of drug-likeness (QED) is 0.200. The Balaban J connectivity index is 2.04.